The minimum Gasteiger partial charge on any atom is -0.460 e. The average Bonchev–Trinajstić information content (AvgIpc) is 3.13. The van der Waals surface area contributed by atoms with Crippen molar-refractivity contribution in [3.05, 3.63) is 11.7 Å². The van der Waals surface area contributed by atoms with Crippen LogP contribution in [-0.4, -0.2) is 46.7 Å². The van der Waals surface area contributed by atoms with Gasteiger partial charge >= 0.3 is 12.0 Å². The van der Waals surface area contributed by atoms with E-state index in [4.69, 9.17) is 9.26 Å². The Labute approximate surface area is 180 Å². The Morgan fingerprint density at radius 3 is 2.57 bits per heavy atom. The van der Waals surface area contributed by atoms with Gasteiger partial charge in [0.15, 0.2) is 5.82 Å². The van der Waals surface area contributed by atoms with Crippen LogP contribution in [0.1, 0.15) is 96.2 Å². The van der Waals surface area contributed by atoms with Gasteiger partial charge in [0.2, 0.25) is 5.89 Å². The van der Waals surface area contributed by atoms with Gasteiger partial charge in [-0.2, -0.15) is 4.98 Å². The lowest BCUT2D eigenvalue weighted by molar-refractivity contribution is -0.155. The van der Waals surface area contributed by atoms with Crippen LogP contribution in [-0.2, 0) is 16.1 Å². The van der Waals surface area contributed by atoms with Gasteiger partial charge in [0.1, 0.15) is 5.60 Å². The molecule has 0 saturated heterocycles. The van der Waals surface area contributed by atoms with E-state index < -0.39 is 5.60 Å². The number of hydrogen-bond donors (Lipinski definition) is 1. The summed E-state index contributed by atoms with van der Waals surface area (Å²) in [5, 5.41) is 6.70. The highest BCUT2D eigenvalue weighted by Crippen LogP contribution is 2.31. The van der Waals surface area contributed by atoms with Gasteiger partial charge in [-0.15, -0.1) is 0 Å². The van der Waals surface area contributed by atoms with Crippen molar-refractivity contribution in [3.63, 3.8) is 0 Å². The molecule has 1 aromatic rings. The van der Waals surface area contributed by atoms with Crippen LogP contribution < -0.4 is 5.32 Å². The lowest BCUT2D eigenvalue weighted by Gasteiger charge is -2.23. The van der Waals surface area contributed by atoms with E-state index in [1.807, 2.05) is 20.8 Å². The van der Waals surface area contributed by atoms with Crippen LogP contribution in [0, 0.1) is 5.92 Å². The summed E-state index contributed by atoms with van der Waals surface area (Å²) in [6.45, 7) is 5.77. The number of hydrogen-bond acceptors (Lipinski definition) is 6. The van der Waals surface area contributed by atoms with Gasteiger partial charge in [-0.05, 0) is 33.1 Å². The molecule has 1 N–H and O–H groups in total. The van der Waals surface area contributed by atoms with Crippen LogP contribution in [0.5, 0.6) is 0 Å². The molecule has 1 aliphatic rings. The van der Waals surface area contributed by atoms with Gasteiger partial charge in [-0.25, -0.2) is 4.79 Å². The fraction of sp³-hybridized carbons (Fsp3) is 0.818. The molecule has 0 aliphatic heterocycles. The lowest BCUT2D eigenvalue weighted by atomic mass is 9.84. The molecule has 1 fully saturated rings. The molecule has 2 amide bonds. The molecule has 0 bridgehead atoms. The third-order valence-corrected chi connectivity index (χ3v) is 5.36. The number of carbonyl (C=O) groups excluding carboxylic acids is 2. The molecule has 1 aromatic heterocycles. The molecule has 1 unspecified atom stereocenters. The van der Waals surface area contributed by atoms with E-state index in [1.165, 1.54) is 43.4 Å². The zero-order valence-electron chi connectivity index (χ0n) is 19.2. The minimum atomic E-state index is -0.528. The average molecular weight is 423 g/mol. The van der Waals surface area contributed by atoms with E-state index in [9.17, 15) is 9.59 Å². The quantitative estimate of drug-likeness (QED) is 0.592. The number of esters is 1. The first-order valence-electron chi connectivity index (χ1n) is 11.1. The van der Waals surface area contributed by atoms with Crippen molar-refractivity contribution in [1.82, 2.24) is 20.4 Å². The molecule has 8 heteroatoms. The summed E-state index contributed by atoms with van der Waals surface area (Å²) < 4.78 is 11.0. The molecule has 1 aliphatic carbocycles. The molecular formula is C22H38N4O4. The Morgan fingerprint density at radius 2 is 1.93 bits per heavy atom. The highest BCUT2D eigenvalue weighted by atomic mass is 16.6. The zero-order chi connectivity index (χ0) is 22.1. The molecule has 1 heterocycles. The first-order chi connectivity index (χ1) is 14.1. The smallest absolute Gasteiger partial charge is 0.317 e. The number of aromatic nitrogens is 2. The van der Waals surface area contributed by atoms with E-state index in [0.717, 1.165) is 18.8 Å². The van der Waals surface area contributed by atoms with Crippen LogP contribution in [0.15, 0.2) is 4.52 Å². The first-order valence-corrected chi connectivity index (χ1v) is 11.1. The number of nitrogens with zero attached hydrogens (tertiary/aromatic N) is 3. The molecule has 0 radical (unpaired) electrons. The summed E-state index contributed by atoms with van der Waals surface area (Å²) in [7, 11) is 3.33. The van der Waals surface area contributed by atoms with Gasteiger partial charge in [0, 0.05) is 20.0 Å². The first kappa shape index (κ1) is 24.2. The molecular weight excluding hydrogens is 384 g/mol. The Bertz CT molecular complexity index is 675. The van der Waals surface area contributed by atoms with Gasteiger partial charge in [-0.3, -0.25) is 4.79 Å². The van der Waals surface area contributed by atoms with Crippen LogP contribution in [0.4, 0.5) is 4.79 Å². The van der Waals surface area contributed by atoms with Crippen LogP contribution in [0.2, 0.25) is 0 Å². The minimum absolute atomic E-state index is 0.172. The monoisotopic (exact) mass is 422 g/mol. The molecule has 30 heavy (non-hydrogen) atoms. The molecule has 0 aromatic carbocycles. The SMILES string of the molecule is CN(C)C(=O)NCc1noc(C(CCCC2CCCCC2)CC(=O)OC(C)(C)C)n1. The van der Waals surface area contributed by atoms with Gasteiger partial charge in [-0.1, -0.05) is 50.1 Å². The number of carbonyl (C=O) groups is 2. The number of amides is 2. The van der Waals surface area contributed by atoms with Crippen molar-refractivity contribution >= 4 is 12.0 Å². The van der Waals surface area contributed by atoms with Gasteiger partial charge in [0.25, 0.3) is 0 Å². The summed E-state index contributed by atoms with van der Waals surface area (Å²) in [6.07, 6.45) is 9.86. The number of urea groups is 1. The summed E-state index contributed by atoms with van der Waals surface area (Å²) in [6, 6.07) is -0.223. The number of ether oxygens (including phenoxy) is 1. The van der Waals surface area contributed by atoms with E-state index in [1.54, 1.807) is 14.1 Å². The Kier molecular flexibility index (Phi) is 9.11. The Morgan fingerprint density at radius 1 is 1.23 bits per heavy atom. The summed E-state index contributed by atoms with van der Waals surface area (Å²) in [5.41, 5.74) is -0.528. The van der Waals surface area contributed by atoms with Crippen molar-refractivity contribution in [3.8, 4) is 0 Å². The van der Waals surface area contributed by atoms with Crippen LogP contribution in [0.25, 0.3) is 0 Å². The highest BCUT2D eigenvalue weighted by molar-refractivity contribution is 5.73. The summed E-state index contributed by atoms with van der Waals surface area (Å²) in [4.78, 5) is 30.0. The maximum Gasteiger partial charge on any atom is 0.317 e. The van der Waals surface area contributed by atoms with Crippen molar-refractivity contribution in [2.45, 2.75) is 96.6 Å². The standard InChI is InChI=1S/C22H38N4O4/c1-22(2,3)29-19(27)14-17(13-9-12-16-10-7-6-8-11-16)20-24-18(25-30-20)15-23-21(28)26(4)5/h16-17H,6-15H2,1-5H3,(H,23,28). The predicted molar refractivity (Wildman–Crippen MR) is 114 cm³/mol. The maximum absolute atomic E-state index is 12.4. The van der Waals surface area contributed by atoms with E-state index in [-0.39, 0.29) is 30.9 Å². The Balaban J connectivity index is 1.97. The van der Waals surface area contributed by atoms with E-state index in [0.29, 0.717) is 11.7 Å². The normalized spacial score (nSPS) is 16.2. The predicted octanol–water partition coefficient (Wildman–Crippen LogP) is 4.41. The van der Waals surface area contributed by atoms with E-state index >= 15 is 0 Å². The summed E-state index contributed by atoms with van der Waals surface area (Å²) >= 11 is 0. The number of nitrogens with one attached hydrogen (secondary N) is 1. The lowest BCUT2D eigenvalue weighted by Crippen LogP contribution is -2.34. The van der Waals surface area contributed by atoms with Crippen molar-refractivity contribution in [2.75, 3.05) is 14.1 Å². The topological polar surface area (TPSA) is 97.6 Å². The van der Waals surface area contributed by atoms with Crippen molar-refractivity contribution < 1.29 is 18.8 Å². The molecule has 2 rings (SSSR count). The molecule has 1 saturated carbocycles. The fourth-order valence-corrected chi connectivity index (χ4v) is 3.84. The third kappa shape index (κ3) is 8.71. The molecule has 170 valence electrons. The second-order valence-electron chi connectivity index (χ2n) is 9.52. The highest BCUT2D eigenvalue weighted by Gasteiger charge is 2.26. The molecule has 0 spiro atoms. The van der Waals surface area contributed by atoms with E-state index in [2.05, 4.69) is 15.5 Å². The zero-order valence-corrected chi connectivity index (χ0v) is 19.2. The number of rotatable bonds is 9. The summed E-state index contributed by atoms with van der Waals surface area (Å²) in [5.74, 6) is 1.21. The van der Waals surface area contributed by atoms with Crippen molar-refractivity contribution in [1.29, 1.82) is 0 Å². The maximum atomic E-state index is 12.4. The second kappa shape index (κ2) is 11.3. The van der Waals surface area contributed by atoms with Crippen molar-refractivity contribution in [2.24, 2.45) is 5.92 Å². The third-order valence-electron chi connectivity index (χ3n) is 5.36. The molecule has 1 atom stereocenters. The largest absolute Gasteiger partial charge is 0.460 e. The van der Waals surface area contributed by atoms with Gasteiger partial charge < -0.3 is 19.5 Å². The van der Waals surface area contributed by atoms with Gasteiger partial charge in [0.05, 0.1) is 13.0 Å². The second-order valence-corrected chi connectivity index (χ2v) is 9.52. The Hall–Kier alpha value is -2.12. The van der Waals surface area contributed by atoms with Crippen LogP contribution in [0.3, 0.4) is 0 Å². The fourth-order valence-electron chi connectivity index (χ4n) is 3.84. The molecule has 8 nitrogen and oxygen atoms in total. The van der Waals surface area contributed by atoms with Crippen LogP contribution >= 0.6 is 0 Å².